The van der Waals surface area contributed by atoms with Gasteiger partial charge in [-0.05, 0) is 18.4 Å². The number of rotatable bonds is 4. The maximum atomic E-state index is 9.56. The molecule has 132 valence electrons. The molecule has 0 bridgehead atoms. The molecule has 2 saturated heterocycles. The van der Waals surface area contributed by atoms with Crippen molar-refractivity contribution in [2.75, 3.05) is 42.6 Å². The van der Waals surface area contributed by atoms with Crippen molar-refractivity contribution >= 4 is 11.6 Å². The van der Waals surface area contributed by atoms with Crippen molar-refractivity contribution < 1.29 is 9.84 Å². The monoisotopic (exact) mass is 340 g/mol. The number of aromatic nitrogens is 2. The molecule has 6 heteroatoms. The van der Waals surface area contributed by atoms with Gasteiger partial charge in [0.2, 0.25) is 0 Å². The summed E-state index contributed by atoms with van der Waals surface area (Å²) < 4.78 is 5.95. The first-order chi connectivity index (χ1) is 12.3. The fourth-order valence-electron chi connectivity index (χ4n) is 3.72. The molecule has 3 heterocycles. The lowest BCUT2D eigenvalue weighted by molar-refractivity contribution is 0.0395. The number of nitrogens with zero attached hydrogens (tertiary/aromatic N) is 4. The third-order valence-electron chi connectivity index (χ3n) is 5.08. The summed E-state index contributed by atoms with van der Waals surface area (Å²) in [5.41, 5.74) is 1.20. The van der Waals surface area contributed by atoms with E-state index in [0.29, 0.717) is 6.61 Å². The molecule has 2 fully saturated rings. The molecule has 2 aromatic rings. The summed E-state index contributed by atoms with van der Waals surface area (Å²) >= 11 is 0. The molecule has 1 aromatic heterocycles. The zero-order chi connectivity index (χ0) is 17.1. The van der Waals surface area contributed by atoms with Gasteiger partial charge in [0.25, 0.3) is 0 Å². The average Bonchev–Trinajstić information content (AvgIpc) is 3.18. The fraction of sp³-hybridized carbons (Fsp3) is 0.474. The number of benzene rings is 1. The molecule has 0 aliphatic carbocycles. The van der Waals surface area contributed by atoms with E-state index in [4.69, 9.17) is 4.74 Å². The number of morpholine rings is 1. The highest BCUT2D eigenvalue weighted by Gasteiger charge is 2.27. The predicted molar refractivity (Wildman–Crippen MR) is 96.8 cm³/mol. The fourth-order valence-corrected chi connectivity index (χ4v) is 3.72. The standard InChI is InChI=1S/C19H24N4O2/c24-13-16-7-4-8-23(16)19-11-18(20-14-21-19)22-9-10-25-17(12-22)15-5-2-1-3-6-15/h1-3,5-6,11,14,16-17,24H,4,7-10,12-13H2/t16-,17-/m1/s1. The minimum atomic E-state index is 0.0605. The number of aliphatic hydroxyl groups excluding tert-OH is 1. The number of ether oxygens (including phenoxy) is 1. The molecule has 0 amide bonds. The summed E-state index contributed by atoms with van der Waals surface area (Å²) in [6, 6.07) is 12.5. The van der Waals surface area contributed by atoms with Crippen molar-refractivity contribution in [1.82, 2.24) is 9.97 Å². The topological polar surface area (TPSA) is 61.7 Å². The third-order valence-corrected chi connectivity index (χ3v) is 5.08. The van der Waals surface area contributed by atoms with Gasteiger partial charge in [-0.25, -0.2) is 9.97 Å². The Bertz CT molecular complexity index is 697. The minimum Gasteiger partial charge on any atom is -0.394 e. The lowest BCUT2D eigenvalue weighted by Crippen LogP contribution is -2.39. The van der Waals surface area contributed by atoms with E-state index in [1.165, 1.54) is 5.56 Å². The first-order valence-corrected chi connectivity index (χ1v) is 8.96. The number of anilines is 2. The van der Waals surface area contributed by atoms with Crippen LogP contribution in [0.25, 0.3) is 0 Å². The average molecular weight is 340 g/mol. The number of hydrogen-bond acceptors (Lipinski definition) is 6. The largest absolute Gasteiger partial charge is 0.394 e. The van der Waals surface area contributed by atoms with Crippen LogP contribution in [0.3, 0.4) is 0 Å². The Kier molecular flexibility index (Phi) is 4.81. The normalized spacial score (nSPS) is 23.9. The Morgan fingerprint density at radius 1 is 1.12 bits per heavy atom. The van der Waals surface area contributed by atoms with Gasteiger partial charge < -0.3 is 19.6 Å². The van der Waals surface area contributed by atoms with E-state index in [-0.39, 0.29) is 18.8 Å². The zero-order valence-electron chi connectivity index (χ0n) is 14.3. The van der Waals surface area contributed by atoms with E-state index in [1.54, 1.807) is 6.33 Å². The second-order valence-corrected chi connectivity index (χ2v) is 6.62. The van der Waals surface area contributed by atoms with Gasteiger partial charge in [-0.3, -0.25) is 0 Å². The molecule has 2 aliphatic rings. The quantitative estimate of drug-likeness (QED) is 0.919. The molecule has 0 radical (unpaired) electrons. The Morgan fingerprint density at radius 3 is 2.80 bits per heavy atom. The van der Waals surface area contributed by atoms with Crippen LogP contribution < -0.4 is 9.80 Å². The first kappa shape index (κ1) is 16.3. The molecule has 1 N–H and O–H groups in total. The van der Waals surface area contributed by atoms with E-state index in [1.807, 2.05) is 24.3 Å². The summed E-state index contributed by atoms with van der Waals surface area (Å²) in [5, 5.41) is 9.56. The van der Waals surface area contributed by atoms with Gasteiger partial charge >= 0.3 is 0 Å². The Balaban J connectivity index is 1.52. The maximum absolute atomic E-state index is 9.56. The molecule has 0 spiro atoms. The lowest BCUT2D eigenvalue weighted by atomic mass is 10.1. The second-order valence-electron chi connectivity index (χ2n) is 6.62. The second kappa shape index (κ2) is 7.37. The van der Waals surface area contributed by atoms with Crippen LogP contribution in [-0.2, 0) is 4.74 Å². The molecule has 6 nitrogen and oxygen atoms in total. The molecular formula is C19H24N4O2. The summed E-state index contributed by atoms with van der Waals surface area (Å²) in [5.74, 6) is 1.84. The van der Waals surface area contributed by atoms with Gasteiger partial charge in [0, 0.05) is 25.7 Å². The van der Waals surface area contributed by atoms with E-state index >= 15 is 0 Å². The highest BCUT2D eigenvalue weighted by molar-refractivity contribution is 5.51. The van der Waals surface area contributed by atoms with Gasteiger partial charge in [0.15, 0.2) is 0 Å². The van der Waals surface area contributed by atoms with Crippen LogP contribution in [0, 0.1) is 0 Å². The first-order valence-electron chi connectivity index (χ1n) is 8.96. The highest BCUT2D eigenvalue weighted by Crippen LogP contribution is 2.28. The summed E-state index contributed by atoms with van der Waals surface area (Å²) in [6.07, 6.45) is 3.80. The molecule has 2 atom stereocenters. The molecule has 4 rings (SSSR count). The van der Waals surface area contributed by atoms with Crippen molar-refractivity contribution in [2.24, 2.45) is 0 Å². The van der Waals surface area contributed by atoms with Crippen molar-refractivity contribution in [3.8, 4) is 0 Å². The van der Waals surface area contributed by atoms with Crippen molar-refractivity contribution in [3.63, 3.8) is 0 Å². The summed E-state index contributed by atoms with van der Waals surface area (Å²) in [7, 11) is 0. The van der Waals surface area contributed by atoms with Crippen LogP contribution in [0.5, 0.6) is 0 Å². The third kappa shape index (κ3) is 3.45. The van der Waals surface area contributed by atoms with Crippen molar-refractivity contribution in [3.05, 3.63) is 48.3 Å². The SMILES string of the molecule is OC[C@H]1CCCN1c1cc(N2CCO[C@@H](c3ccccc3)C2)ncn1. The minimum absolute atomic E-state index is 0.0605. The van der Waals surface area contributed by atoms with Gasteiger partial charge in [0.1, 0.15) is 24.1 Å². The molecule has 1 aromatic carbocycles. The van der Waals surface area contributed by atoms with Crippen LogP contribution in [0.2, 0.25) is 0 Å². The Morgan fingerprint density at radius 2 is 1.96 bits per heavy atom. The highest BCUT2D eigenvalue weighted by atomic mass is 16.5. The Labute approximate surface area is 148 Å². The predicted octanol–water partition coefficient (Wildman–Crippen LogP) is 2.02. The van der Waals surface area contributed by atoms with E-state index < -0.39 is 0 Å². The van der Waals surface area contributed by atoms with Crippen LogP contribution in [0.1, 0.15) is 24.5 Å². The maximum Gasteiger partial charge on any atom is 0.134 e. The molecule has 0 saturated carbocycles. The molecule has 25 heavy (non-hydrogen) atoms. The van der Waals surface area contributed by atoms with Crippen LogP contribution in [0.4, 0.5) is 11.6 Å². The van der Waals surface area contributed by atoms with Gasteiger partial charge in [-0.2, -0.15) is 0 Å². The van der Waals surface area contributed by atoms with E-state index in [0.717, 1.165) is 44.1 Å². The van der Waals surface area contributed by atoms with Crippen molar-refractivity contribution in [2.45, 2.75) is 25.0 Å². The van der Waals surface area contributed by atoms with Gasteiger partial charge in [0.05, 0.1) is 19.3 Å². The smallest absolute Gasteiger partial charge is 0.134 e. The Hall–Kier alpha value is -2.18. The van der Waals surface area contributed by atoms with E-state index in [2.05, 4.69) is 31.9 Å². The number of hydrogen-bond donors (Lipinski definition) is 1. The zero-order valence-corrected chi connectivity index (χ0v) is 14.3. The molecule has 2 aliphatic heterocycles. The number of aliphatic hydroxyl groups is 1. The lowest BCUT2D eigenvalue weighted by Gasteiger charge is -2.34. The van der Waals surface area contributed by atoms with Gasteiger partial charge in [-0.1, -0.05) is 30.3 Å². The summed E-state index contributed by atoms with van der Waals surface area (Å²) in [4.78, 5) is 13.4. The van der Waals surface area contributed by atoms with Gasteiger partial charge in [-0.15, -0.1) is 0 Å². The van der Waals surface area contributed by atoms with E-state index in [9.17, 15) is 5.11 Å². The van der Waals surface area contributed by atoms with Crippen molar-refractivity contribution in [1.29, 1.82) is 0 Å². The van der Waals surface area contributed by atoms with Crippen LogP contribution in [-0.4, -0.2) is 54.0 Å². The van der Waals surface area contributed by atoms with Crippen LogP contribution >= 0.6 is 0 Å². The molecule has 0 unspecified atom stereocenters. The molecular weight excluding hydrogens is 316 g/mol. The van der Waals surface area contributed by atoms with Crippen LogP contribution in [0.15, 0.2) is 42.7 Å². The summed E-state index contributed by atoms with van der Waals surface area (Å²) in [6.45, 7) is 3.40.